The summed E-state index contributed by atoms with van der Waals surface area (Å²) in [4.78, 5) is 24.1. The average molecular weight is 346 g/mol. The number of hydrogen-bond donors (Lipinski definition) is 3. The fraction of sp³-hybridized carbons (Fsp3) is 0.222. The molecule has 0 aliphatic carbocycles. The van der Waals surface area contributed by atoms with E-state index in [0.29, 0.717) is 29.2 Å². The lowest BCUT2D eigenvalue weighted by Crippen LogP contribution is -2.24. The number of benzene rings is 2. The normalized spacial score (nSPS) is 10.1. The van der Waals surface area contributed by atoms with Crippen LogP contribution in [-0.4, -0.2) is 25.4 Å². The Morgan fingerprint density at radius 3 is 2.58 bits per heavy atom. The number of anilines is 1. The zero-order valence-electron chi connectivity index (χ0n) is 13.7. The SMILES string of the molecule is CCNc1ccc(Cl)cc1C(=O)NCc1cccc(C(=O)NC)c1. The highest BCUT2D eigenvalue weighted by atomic mass is 35.5. The van der Waals surface area contributed by atoms with Crippen LogP contribution < -0.4 is 16.0 Å². The van der Waals surface area contributed by atoms with Crippen LogP contribution in [0.25, 0.3) is 0 Å². The van der Waals surface area contributed by atoms with E-state index < -0.39 is 0 Å². The summed E-state index contributed by atoms with van der Waals surface area (Å²) in [7, 11) is 1.58. The van der Waals surface area contributed by atoms with E-state index in [1.807, 2.05) is 13.0 Å². The van der Waals surface area contributed by atoms with Gasteiger partial charge < -0.3 is 16.0 Å². The first-order valence-corrected chi connectivity index (χ1v) is 8.05. The smallest absolute Gasteiger partial charge is 0.253 e. The molecule has 0 saturated heterocycles. The van der Waals surface area contributed by atoms with Gasteiger partial charge >= 0.3 is 0 Å². The first-order chi connectivity index (χ1) is 11.5. The molecule has 3 N–H and O–H groups in total. The van der Waals surface area contributed by atoms with Crippen molar-refractivity contribution in [3.05, 3.63) is 64.2 Å². The maximum Gasteiger partial charge on any atom is 0.253 e. The lowest BCUT2D eigenvalue weighted by Gasteiger charge is -2.12. The second-order valence-corrected chi connectivity index (χ2v) is 5.62. The maximum absolute atomic E-state index is 12.5. The lowest BCUT2D eigenvalue weighted by molar-refractivity contribution is 0.0949. The van der Waals surface area contributed by atoms with Gasteiger partial charge in [0.1, 0.15) is 0 Å². The van der Waals surface area contributed by atoms with E-state index in [1.54, 1.807) is 43.4 Å². The summed E-state index contributed by atoms with van der Waals surface area (Å²) in [6.07, 6.45) is 0. The lowest BCUT2D eigenvalue weighted by atomic mass is 10.1. The monoisotopic (exact) mass is 345 g/mol. The van der Waals surface area contributed by atoms with Crippen molar-refractivity contribution in [3.63, 3.8) is 0 Å². The number of rotatable bonds is 6. The Morgan fingerprint density at radius 1 is 1.08 bits per heavy atom. The van der Waals surface area contributed by atoms with Crippen molar-refractivity contribution in [3.8, 4) is 0 Å². The Bertz CT molecular complexity index is 747. The molecular formula is C18H20ClN3O2. The highest BCUT2D eigenvalue weighted by Gasteiger charge is 2.12. The molecule has 0 heterocycles. The van der Waals surface area contributed by atoms with Gasteiger partial charge in [0.05, 0.1) is 5.56 Å². The maximum atomic E-state index is 12.5. The van der Waals surface area contributed by atoms with Gasteiger partial charge in [0, 0.05) is 36.4 Å². The molecule has 126 valence electrons. The number of hydrogen-bond acceptors (Lipinski definition) is 3. The van der Waals surface area contributed by atoms with Crippen LogP contribution >= 0.6 is 11.6 Å². The minimum absolute atomic E-state index is 0.160. The molecule has 0 spiro atoms. The summed E-state index contributed by atoms with van der Waals surface area (Å²) >= 11 is 6.00. The van der Waals surface area contributed by atoms with Gasteiger partial charge in [0.25, 0.3) is 11.8 Å². The van der Waals surface area contributed by atoms with Crippen LogP contribution in [0.4, 0.5) is 5.69 Å². The van der Waals surface area contributed by atoms with Crippen molar-refractivity contribution in [1.82, 2.24) is 10.6 Å². The second-order valence-electron chi connectivity index (χ2n) is 5.18. The van der Waals surface area contributed by atoms with E-state index >= 15 is 0 Å². The molecule has 0 unspecified atom stereocenters. The molecule has 0 bridgehead atoms. The zero-order valence-corrected chi connectivity index (χ0v) is 14.4. The number of carbonyl (C=O) groups excluding carboxylic acids is 2. The summed E-state index contributed by atoms with van der Waals surface area (Å²) < 4.78 is 0. The average Bonchev–Trinajstić information content (AvgIpc) is 2.61. The summed E-state index contributed by atoms with van der Waals surface area (Å²) in [6, 6.07) is 12.3. The van der Waals surface area contributed by atoms with Gasteiger partial charge in [-0.15, -0.1) is 0 Å². The van der Waals surface area contributed by atoms with E-state index in [1.165, 1.54) is 0 Å². The van der Waals surface area contributed by atoms with Crippen molar-refractivity contribution < 1.29 is 9.59 Å². The van der Waals surface area contributed by atoms with Gasteiger partial charge in [0.15, 0.2) is 0 Å². The fourth-order valence-electron chi connectivity index (χ4n) is 2.29. The first kappa shape index (κ1) is 17.8. The van der Waals surface area contributed by atoms with Crippen molar-refractivity contribution >= 4 is 29.1 Å². The molecule has 2 aromatic carbocycles. The molecule has 0 atom stereocenters. The Labute approximate surface area is 146 Å². The number of nitrogens with one attached hydrogen (secondary N) is 3. The van der Waals surface area contributed by atoms with Gasteiger partial charge in [-0.2, -0.15) is 0 Å². The summed E-state index contributed by atoms with van der Waals surface area (Å²) in [6.45, 7) is 2.98. The highest BCUT2D eigenvalue weighted by Crippen LogP contribution is 2.20. The molecule has 5 nitrogen and oxygen atoms in total. The highest BCUT2D eigenvalue weighted by molar-refractivity contribution is 6.31. The molecule has 0 aromatic heterocycles. The van der Waals surface area contributed by atoms with Gasteiger partial charge in [-0.25, -0.2) is 0 Å². The van der Waals surface area contributed by atoms with Gasteiger partial charge in [-0.05, 0) is 42.8 Å². The molecule has 0 saturated carbocycles. The van der Waals surface area contributed by atoms with E-state index in [9.17, 15) is 9.59 Å². The summed E-state index contributed by atoms with van der Waals surface area (Å²) in [5, 5.41) is 9.08. The molecule has 2 aromatic rings. The second kappa shape index (κ2) is 8.36. The zero-order chi connectivity index (χ0) is 17.5. The number of halogens is 1. The Morgan fingerprint density at radius 2 is 1.88 bits per heavy atom. The molecule has 24 heavy (non-hydrogen) atoms. The number of carbonyl (C=O) groups is 2. The first-order valence-electron chi connectivity index (χ1n) is 7.67. The van der Waals surface area contributed by atoms with Gasteiger partial charge in [-0.1, -0.05) is 23.7 Å². The van der Waals surface area contributed by atoms with Crippen molar-refractivity contribution in [1.29, 1.82) is 0 Å². The minimum Gasteiger partial charge on any atom is -0.385 e. The Hall–Kier alpha value is -2.53. The topological polar surface area (TPSA) is 70.2 Å². The molecule has 0 radical (unpaired) electrons. The quantitative estimate of drug-likeness (QED) is 0.753. The third-order valence-corrected chi connectivity index (χ3v) is 3.70. The van der Waals surface area contributed by atoms with E-state index in [2.05, 4.69) is 16.0 Å². The predicted octanol–water partition coefficient (Wildman–Crippen LogP) is 3.06. The van der Waals surface area contributed by atoms with E-state index in [4.69, 9.17) is 11.6 Å². The number of amides is 2. The Kier molecular flexibility index (Phi) is 6.21. The van der Waals surface area contributed by atoms with Crippen LogP contribution in [0.3, 0.4) is 0 Å². The van der Waals surface area contributed by atoms with Crippen LogP contribution in [0.15, 0.2) is 42.5 Å². The minimum atomic E-state index is -0.223. The van der Waals surface area contributed by atoms with Crippen molar-refractivity contribution in [2.75, 3.05) is 18.9 Å². The van der Waals surface area contributed by atoms with Crippen LogP contribution in [0, 0.1) is 0 Å². The molecule has 6 heteroatoms. The third-order valence-electron chi connectivity index (χ3n) is 3.46. The molecule has 2 amide bonds. The third kappa shape index (κ3) is 4.49. The summed E-state index contributed by atoms with van der Waals surface area (Å²) in [5.41, 5.74) is 2.63. The van der Waals surface area contributed by atoms with Crippen molar-refractivity contribution in [2.24, 2.45) is 0 Å². The van der Waals surface area contributed by atoms with Gasteiger partial charge in [-0.3, -0.25) is 9.59 Å². The Balaban J connectivity index is 2.11. The van der Waals surface area contributed by atoms with Crippen LogP contribution in [0.5, 0.6) is 0 Å². The fourth-order valence-corrected chi connectivity index (χ4v) is 2.47. The van der Waals surface area contributed by atoms with Crippen LogP contribution in [-0.2, 0) is 6.54 Å². The van der Waals surface area contributed by atoms with Gasteiger partial charge in [0.2, 0.25) is 0 Å². The predicted molar refractivity (Wildman–Crippen MR) is 96.6 cm³/mol. The van der Waals surface area contributed by atoms with Crippen LogP contribution in [0.1, 0.15) is 33.2 Å². The molecule has 0 aliphatic heterocycles. The molecular weight excluding hydrogens is 326 g/mol. The van der Waals surface area contributed by atoms with Crippen molar-refractivity contribution in [2.45, 2.75) is 13.5 Å². The largest absolute Gasteiger partial charge is 0.385 e. The molecule has 2 rings (SSSR count). The standard InChI is InChI=1S/C18H20ClN3O2/c1-3-21-16-8-7-14(19)10-15(16)18(24)22-11-12-5-4-6-13(9-12)17(23)20-2/h4-10,21H,3,11H2,1-2H3,(H,20,23)(H,22,24). The molecule has 0 aliphatic rings. The van der Waals surface area contributed by atoms with Crippen LogP contribution in [0.2, 0.25) is 5.02 Å². The molecule has 0 fully saturated rings. The summed E-state index contributed by atoms with van der Waals surface area (Å²) in [5.74, 6) is -0.383. The van der Waals surface area contributed by atoms with E-state index in [-0.39, 0.29) is 11.8 Å². The van der Waals surface area contributed by atoms with E-state index in [0.717, 1.165) is 11.3 Å².